The van der Waals surface area contributed by atoms with Crippen LogP contribution in [0.15, 0.2) is 70.3 Å². The number of methoxy groups -OCH3 is 1. The number of thiazole rings is 1. The second kappa shape index (κ2) is 13.2. The minimum atomic E-state index is -0.856. The van der Waals surface area contributed by atoms with Crippen molar-refractivity contribution in [2.24, 2.45) is 4.99 Å². The fourth-order valence-corrected chi connectivity index (χ4v) is 6.85. The molecule has 0 bridgehead atoms. The number of nitrogens with zero attached hydrogens (tertiary/aromatic N) is 6. The third-order valence-electron chi connectivity index (χ3n) is 8.44. The summed E-state index contributed by atoms with van der Waals surface area (Å²) in [5.41, 5.74) is 1.90. The number of halogens is 2. The van der Waals surface area contributed by atoms with Crippen molar-refractivity contribution >= 4 is 40.8 Å². The van der Waals surface area contributed by atoms with Crippen LogP contribution in [0.1, 0.15) is 41.6 Å². The van der Waals surface area contributed by atoms with Gasteiger partial charge in [0.15, 0.2) is 10.8 Å². The van der Waals surface area contributed by atoms with Crippen molar-refractivity contribution in [3.8, 4) is 17.9 Å². The van der Waals surface area contributed by atoms with Gasteiger partial charge in [-0.1, -0.05) is 29.5 Å². The second-order valence-electron chi connectivity index (χ2n) is 11.9. The highest BCUT2D eigenvalue weighted by Gasteiger charge is 2.46. The zero-order chi connectivity index (χ0) is 33.3. The summed E-state index contributed by atoms with van der Waals surface area (Å²) < 4.78 is 19.2. The number of aliphatic imine (C=N–C) groups is 1. The molecule has 2 saturated heterocycles. The van der Waals surface area contributed by atoms with E-state index in [0.29, 0.717) is 60.4 Å². The van der Waals surface area contributed by atoms with Crippen molar-refractivity contribution in [2.75, 3.05) is 39.8 Å². The van der Waals surface area contributed by atoms with Crippen LogP contribution in [0.3, 0.4) is 0 Å². The molecule has 6 rings (SSSR count). The molecule has 3 aliphatic rings. The Hall–Kier alpha value is -4.75. The normalized spacial score (nSPS) is 19.7. The Bertz CT molecular complexity index is 1880. The summed E-state index contributed by atoms with van der Waals surface area (Å²) in [4.78, 5) is 42.0. The van der Waals surface area contributed by atoms with E-state index >= 15 is 0 Å². The minimum Gasteiger partial charge on any atom is -0.466 e. The van der Waals surface area contributed by atoms with Crippen molar-refractivity contribution < 1.29 is 18.7 Å². The fraction of sp³-hybridized carbons (Fsp3) is 0.324. The summed E-state index contributed by atoms with van der Waals surface area (Å²) in [6.07, 6.45) is 1.67. The number of amidine groups is 1. The van der Waals surface area contributed by atoms with Crippen LogP contribution in [0.25, 0.3) is 0 Å². The van der Waals surface area contributed by atoms with Gasteiger partial charge in [0.2, 0.25) is 0 Å². The summed E-state index contributed by atoms with van der Waals surface area (Å²) in [6.45, 7) is 6.31. The van der Waals surface area contributed by atoms with E-state index in [1.165, 1.54) is 36.6 Å². The number of ether oxygens (including phenoxy) is 1. The number of amides is 2. The number of hydrogen-bond donors (Lipinski definition) is 1. The molecule has 3 aliphatic heterocycles. The first-order valence-electron chi connectivity index (χ1n) is 14.9. The van der Waals surface area contributed by atoms with Gasteiger partial charge in [-0.2, -0.15) is 5.26 Å². The monoisotopic (exact) mass is 671 g/mol. The number of esters is 1. The maximum atomic E-state index is 14.0. The SMILES string of the molecule is COC(=O)C1=C(CN2CCN3C(=O)N(C(C)(C)C#Cc4ccc(C#N)cc4)C[C@@H]3C2)NC(c2nccs2)=N[C@H]1c1ccc(F)cc1Cl. The number of carbonyl (C=O) groups excluding carboxylic acids is 2. The first-order chi connectivity index (χ1) is 22.6. The summed E-state index contributed by atoms with van der Waals surface area (Å²) in [6, 6.07) is 12.1. The Morgan fingerprint density at radius 3 is 2.64 bits per heavy atom. The van der Waals surface area contributed by atoms with E-state index < -0.39 is 23.4 Å². The summed E-state index contributed by atoms with van der Waals surface area (Å²) in [7, 11) is 1.31. The van der Waals surface area contributed by atoms with Gasteiger partial charge in [0.25, 0.3) is 0 Å². The molecule has 0 unspecified atom stereocenters. The number of piperazine rings is 1. The predicted molar refractivity (Wildman–Crippen MR) is 176 cm³/mol. The highest BCUT2D eigenvalue weighted by molar-refractivity contribution is 7.11. The van der Waals surface area contributed by atoms with Crippen LogP contribution >= 0.6 is 22.9 Å². The van der Waals surface area contributed by atoms with E-state index in [-0.39, 0.29) is 22.7 Å². The van der Waals surface area contributed by atoms with Crippen molar-refractivity contribution in [1.82, 2.24) is 25.0 Å². The van der Waals surface area contributed by atoms with Crippen molar-refractivity contribution in [3.63, 3.8) is 0 Å². The van der Waals surface area contributed by atoms with Crippen LogP contribution in [0.2, 0.25) is 5.02 Å². The lowest BCUT2D eigenvalue weighted by Gasteiger charge is -2.38. The largest absolute Gasteiger partial charge is 0.466 e. The summed E-state index contributed by atoms with van der Waals surface area (Å²) in [5, 5.41) is 15.0. The van der Waals surface area contributed by atoms with E-state index in [2.05, 4.69) is 33.1 Å². The number of hydrogen-bond acceptors (Lipinski definition) is 9. The summed E-state index contributed by atoms with van der Waals surface area (Å²) in [5.74, 6) is 5.80. The number of urea groups is 1. The van der Waals surface area contributed by atoms with Gasteiger partial charge in [-0.15, -0.1) is 11.3 Å². The Balaban J connectivity index is 1.25. The van der Waals surface area contributed by atoms with Gasteiger partial charge in [0, 0.05) is 66.1 Å². The molecule has 1 N–H and O–H groups in total. The van der Waals surface area contributed by atoms with Crippen molar-refractivity contribution in [1.29, 1.82) is 5.26 Å². The maximum absolute atomic E-state index is 14.0. The number of nitrogens with one attached hydrogen (secondary N) is 1. The van der Waals surface area contributed by atoms with E-state index in [0.717, 1.165) is 5.56 Å². The fourth-order valence-electron chi connectivity index (χ4n) is 5.99. The molecule has 1 aromatic heterocycles. The van der Waals surface area contributed by atoms with Crippen LogP contribution in [-0.4, -0.2) is 88.9 Å². The molecule has 0 radical (unpaired) electrons. The Kier molecular flexibility index (Phi) is 9.02. The van der Waals surface area contributed by atoms with E-state index in [1.54, 1.807) is 35.4 Å². The number of benzene rings is 2. The smallest absolute Gasteiger partial charge is 0.338 e. The molecule has 0 aliphatic carbocycles. The number of carbonyl (C=O) groups is 2. The van der Waals surface area contributed by atoms with Gasteiger partial charge in [0.1, 0.15) is 17.4 Å². The van der Waals surface area contributed by atoms with Crippen molar-refractivity contribution in [3.05, 3.63) is 97.8 Å². The molecule has 3 aromatic rings. The zero-order valence-electron chi connectivity index (χ0n) is 26.0. The summed E-state index contributed by atoms with van der Waals surface area (Å²) >= 11 is 7.88. The topological polar surface area (TPSA) is 114 Å². The molecule has 2 amide bonds. The Labute approximate surface area is 281 Å². The molecule has 2 fully saturated rings. The highest BCUT2D eigenvalue weighted by atomic mass is 35.5. The second-order valence-corrected chi connectivity index (χ2v) is 13.2. The van der Waals surface area contributed by atoms with Gasteiger partial charge in [0.05, 0.1) is 30.4 Å². The zero-order valence-corrected chi connectivity index (χ0v) is 27.5. The number of rotatable bonds is 6. The molecule has 240 valence electrons. The van der Waals surface area contributed by atoms with Gasteiger partial charge in [-0.3, -0.25) is 9.89 Å². The van der Waals surface area contributed by atoms with Crippen LogP contribution in [-0.2, 0) is 9.53 Å². The van der Waals surface area contributed by atoms with E-state index in [9.17, 15) is 14.0 Å². The van der Waals surface area contributed by atoms with Crippen LogP contribution in [0.5, 0.6) is 0 Å². The lowest BCUT2D eigenvalue weighted by molar-refractivity contribution is -0.136. The van der Waals surface area contributed by atoms with Crippen LogP contribution in [0, 0.1) is 29.0 Å². The molecule has 0 spiro atoms. The van der Waals surface area contributed by atoms with Gasteiger partial charge < -0.3 is 19.9 Å². The average molecular weight is 672 g/mol. The molecule has 4 heterocycles. The molecule has 2 atom stereocenters. The molecule has 0 saturated carbocycles. The quantitative estimate of drug-likeness (QED) is 0.302. The Morgan fingerprint density at radius 1 is 1.19 bits per heavy atom. The first kappa shape index (κ1) is 32.2. The number of fused-ring (bicyclic) bond motifs is 1. The van der Waals surface area contributed by atoms with Crippen molar-refractivity contribution in [2.45, 2.75) is 31.5 Å². The van der Waals surface area contributed by atoms with Crippen LogP contribution < -0.4 is 5.32 Å². The molecule has 13 heteroatoms. The minimum absolute atomic E-state index is 0.0664. The molecular formula is C34H31ClFN7O3S. The van der Waals surface area contributed by atoms with Gasteiger partial charge in [-0.05, 0) is 50.2 Å². The van der Waals surface area contributed by atoms with Gasteiger partial charge in [-0.25, -0.2) is 19.0 Å². The lowest BCUT2D eigenvalue weighted by Crippen LogP contribution is -2.53. The lowest BCUT2D eigenvalue weighted by atomic mass is 9.95. The third-order valence-corrected chi connectivity index (χ3v) is 9.55. The number of nitriles is 1. The number of aromatic nitrogens is 1. The average Bonchev–Trinajstić information content (AvgIpc) is 3.72. The Morgan fingerprint density at radius 2 is 1.96 bits per heavy atom. The van der Waals surface area contributed by atoms with Gasteiger partial charge >= 0.3 is 12.0 Å². The van der Waals surface area contributed by atoms with E-state index in [4.69, 9.17) is 26.6 Å². The predicted octanol–water partition coefficient (Wildman–Crippen LogP) is 4.58. The van der Waals surface area contributed by atoms with E-state index in [1.807, 2.05) is 24.1 Å². The third kappa shape index (κ3) is 6.58. The highest BCUT2D eigenvalue weighted by Crippen LogP contribution is 2.37. The standard InChI is InChI=1S/C34H31ClFN7O3S/c1-34(2,11-10-21-4-6-22(17-37)7-5-21)43-19-24-18-41(13-14-42(24)33(43)45)20-27-28(32(44)46-3)29(25-9-8-23(36)16-26(25)35)40-30(39-27)31-38-12-15-47-31/h4-9,12,15-16,24,29H,13-14,18-20H2,1-3H3,(H,39,40)/t24-,29-/m0/s1. The molecule has 47 heavy (non-hydrogen) atoms. The molecule has 2 aromatic carbocycles. The first-order valence-corrected chi connectivity index (χ1v) is 16.2. The molecule has 10 nitrogen and oxygen atoms in total. The van der Waals surface area contributed by atoms with Crippen LogP contribution in [0.4, 0.5) is 9.18 Å². The maximum Gasteiger partial charge on any atom is 0.338 e. The molecular weight excluding hydrogens is 641 g/mol.